The molecule has 0 aliphatic rings. The van der Waals surface area contributed by atoms with Gasteiger partial charge >= 0.3 is 0 Å². The Labute approximate surface area is 166 Å². The van der Waals surface area contributed by atoms with E-state index < -0.39 is 0 Å². The molecule has 4 nitrogen and oxygen atoms in total. The van der Waals surface area contributed by atoms with Gasteiger partial charge in [0.1, 0.15) is 5.69 Å². The first-order valence-electron chi connectivity index (χ1n) is 9.29. The van der Waals surface area contributed by atoms with E-state index in [1.165, 1.54) is 5.52 Å². The highest BCUT2D eigenvalue weighted by molar-refractivity contribution is 7.21. The van der Waals surface area contributed by atoms with Gasteiger partial charge in [0.05, 0.1) is 21.4 Å². The number of azo groups is 1. The maximum Gasteiger partial charge on any atom is 0.231 e. The Hall–Kier alpha value is -3.31. The minimum Gasteiger partial charge on any atom is -0.339 e. The number of hydrogen-bond acceptors (Lipinski definition) is 4. The molecule has 3 aromatic carbocycles. The van der Waals surface area contributed by atoms with Gasteiger partial charge in [-0.1, -0.05) is 72.0 Å². The first-order valence-corrected chi connectivity index (χ1v) is 10.1. The average Bonchev–Trinajstić information content (AvgIpc) is 3.31. The Morgan fingerprint density at radius 2 is 1.61 bits per heavy atom. The first-order chi connectivity index (χ1) is 13.8. The summed E-state index contributed by atoms with van der Waals surface area (Å²) >= 11 is 1.56. The van der Waals surface area contributed by atoms with E-state index >= 15 is 0 Å². The third-order valence-electron chi connectivity index (χ3n) is 4.83. The maximum absolute atomic E-state index is 4.70. The summed E-state index contributed by atoms with van der Waals surface area (Å²) in [5.74, 6) is 0. The Morgan fingerprint density at radius 3 is 2.43 bits per heavy atom. The maximum atomic E-state index is 4.70. The number of fused-ring (bicyclic) bond motifs is 2. The molecule has 0 amide bonds. The number of para-hydroxylation sites is 2. The number of thiazole rings is 1. The van der Waals surface area contributed by atoms with Crippen molar-refractivity contribution in [3.05, 3.63) is 78.9 Å². The summed E-state index contributed by atoms with van der Waals surface area (Å²) in [4.78, 5) is 4.59. The molecule has 28 heavy (non-hydrogen) atoms. The normalized spacial score (nSPS) is 11.8. The fraction of sp³-hybridized carbons (Fsp3) is 0.0870. The van der Waals surface area contributed by atoms with Crippen LogP contribution in [0.5, 0.6) is 0 Å². The summed E-state index contributed by atoms with van der Waals surface area (Å²) in [7, 11) is 0. The topological polar surface area (TPSA) is 42.5 Å². The smallest absolute Gasteiger partial charge is 0.231 e. The van der Waals surface area contributed by atoms with Crippen molar-refractivity contribution in [3.8, 4) is 11.3 Å². The van der Waals surface area contributed by atoms with Crippen LogP contribution in [0.15, 0.2) is 89.1 Å². The zero-order valence-corrected chi connectivity index (χ0v) is 16.2. The van der Waals surface area contributed by atoms with Gasteiger partial charge in [0.2, 0.25) is 5.13 Å². The Kier molecular flexibility index (Phi) is 4.22. The van der Waals surface area contributed by atoms with E-state index in [0.717, 1.165) is 39.1 Å². The van der Waals surface area contributed by atoms with Crippen molar-refractivity contribution in [2.45, 2.75) is 13.5 Å². The van der Waals surface area contributed by atoms with Crippen LogP contribution in [0.25, 0.3) is 32.4 Å². The lowest BCUT2D eigenvalue weighted by atomic mass is 10.1. The van der Waals surface area contributed by atoms with Crippen molar-refractivity contribution in [1.82, 2.24) is 9.55 Å². The fourth-order valence-corrected chi connectivity index (χ4v) is 4.39. The average molecular weight is 382 g/mol. The lowest BCUT2D eigenvalue weighted by Gasteiger charge is -2.08. The predicted molar refractivity (Wildman–Crippen MR) is 117 cm³/mol. The summed E-state index contributed by atoms with van der Waals surface area (Å²) in [6.07, 6.45) is 0. The highest BCUT2D eigenvalue weighted by atomic mass is 32.1. The van der Waals surface area contributed by atoms with Crippen molar-refractivity contribution in [3.63, 3.8) is 0 Å². The molecule has 0 saturated carbocycles. The molecule has 0 N–H and O–H groups in total. The number of aromatic nitrogens is 2. The summed E-state index contributed by atoms with van der Waals surface area (Å²) < 4.78 is 3.42. The second-order valence-corrected chi connectivity index (χ2v) is 7.50. The van der Waals surface area contributed by atoms with E-state index in [1.807, 2.05) is 30.3 Å². The van der Waals surface area contributed by atoms with Crippen LogP contribution in [0.2, 0.25) is 0 Å². The molecule has 5 rings (SSSR count). The van der Waals surface area contributed by atoms with E-state index in [9.17, 15) is 0 Å². The largest absolute Gasteiger partial charge is 0.339 e. The first kappa shape index (κ1) is 16.8. The molecular formula is C23H18N4S. The molecule has 5 heteroatoms. The van der Waals surface area contributed by atoms with Crippen LogP contribution in [0.1, 0.15) is 6.92 Å². The molecular weight excluding hydrogens is 364 g/mol. The van der Waals surface area contributed by atoms with Crippen LogP contribution < -0.4 is 0 Å². The standard InChI is InChI=1S/C23H18N4S/c1-2-27-19-14-8-6-12-17(19)21(22(27)16-10-4-3-5-11-16)25-26-23-24-18-13-7-9-15-20(18)28-23/h3-15H,2H2,1H3. The number of benzene rings is 3. The fourth-order valence-electron chi connectivity index (χ4n) is 3.60. The molecule has 0 saturated heterocycles. The molecule has 0 bridgehead atoms. The number of aryl methyl sites for hydroxylation is 1. The number of nitrogens with zero attached hydrogens (tertiary/aromatic N) is 4. The lowest BCUT2D eigenvalue weighted by Crippen LogP contribution is -1.96. The third kappa shape index (κ3) is 2.80. The van der Waals surface area contributed by atoms with Gasteiger partial charge in [-0.25, -0.2) is 4.98 Å². The zero-order chi connectivity index (χ0) is 18.9. The van der Waals surface area contributed by atoms with E-state index in [2.05, 4.69) is 70.1 Å². The highest BCUT2D eigenvalue weighted by Crippen LogP contribution is 2.41. The molecule has 136 valence electrons. The molecule has 0 aliphatic carbocycles. The zero-order valence-electron chi connectivity index (χ0n) is 15.4. The third-order valence-corrected chi connectivity index (χ3v) is 5.75. The number of hydrogen-bond donors (Lipinski definition) is 0. The molecule has 2 heterocycles. The summed E-state index contributed by atoms with van der Waals surface area (Å²) in [6.45, 7) is 3.02. The molecule has 0 radical (unpaired) electrons. The van der Waals surface area contributed by atoms with Crippen molar-refractivity contribution in [2.24, 2.45) is 10.2 Å². The molecule has 0 fully saturated rings. The van der Waals surface area contributed by atoms with Crippen molar-refractivity contribution < 1.29 is 0 Å². The van der Waals surface area contributed by atoms with Crippen LogP contribution >= 0.6 is 11.3 Å². The second-order valence-electron chi connectivity index (χ2n) is 6.49. The van der Waals surface area contributed by atoms with Gasteiger partial charge in [-0.2, -0.15) is 0 Å². The molecule has 2 aromatic heterocycles. The lowest BCUT2D eigenvalue weighted by molar-refractivity contribution is 0.805. The van der Waals surface area contributed by atoms with Crippen LogP contribution in [-0.2, 0) is 6.54 Å². The van der Waals surface area contributed by atoms with Gasteiger partial charge in [0.15, 0.2) is 0 Å². The molecule has 0 aliphatic heterocycles. The number of rotatable bonds is 4. The van der Waals surface area contributed by atoms with Crippen LogP contribution in [0.3, 0.4) is 0 Å². The van der Waals surface area contributed by atoms with Crippen LogP contribution in [0, 0.1) is 0 Å². The molecule has 0 spiro atoms. The minimum absolute atomic E-state index is 0.675. The van der Waals surface area contributed by atoms with Crippen molar-refractivity contribution in [1.29, 1.82) is 0 Å². The van der Waals surface area contributed by atoms with Gasteiger partial charge in [0.25, 0.3) is 0 Å². The Balaban J connectivity index is 1.71. The molecule has 0 atom stereocenters. The molecule has 0 unspecified atom stereocenters. The minimum atomic E-state index is 0.675. The Bertz CT molecular complexity index is 1270. The Morgan fingerprint density at radius 1 is 0.857 bits per heavy atom. The van der Waals surface area contributed by atoms with E-state index in [4.69, 9.17) is 5.11 Å². The summed E-state index contributed by atoms with van der Waals surface area (Å²) in [5, 5.41) is 11.0. The SMILES string of the molecule is CCn1c(-c2ccccc2)c(N=Nc2nc3ccccc3s2)c2ccccc21. The highest BCUT2D eigenvalue weighted by Gasteiger charge is 2.17. The second kappa shape index (κ2) is 7.02. The van der Waals surface area contributed by atoms with E-state index in [0.29, 0.717) is 5.13 Å². The van der Waals surface area contributed by atoms with Crippen LogP contribution in [0.4, 0.5) is 10.8 Å². The predicted octanol–water partition coefficient (Wildman–Crippen LogP) is 7.35. The quantitative estimate of drug-likeness (QED) is 0.300. The van der Waals surface area contributed by atoms with E-state index in [-0.39, 0.29) is 0 Å². The van der Waals surface area contributed by atoms with Crippen LogP contribution in [-0.4, -0.2) is 9.55 Å². The van der Waals surface area contributed by atoms with Gasteiger partial charge in [-0.05, 0) is 25.1 Å². The van der Waals surface area contributed by atoms with Crippen molar-refractivity contribution in [2.75, 3.05) is 0 Å². The van der Waals surface area contributed by atoms with Gasteiger partial charge in [0, 0.05) is 17.5 Å². The molecule has 5 aromatic rings. The van der Waals surface area contributed by atoms with E-state index in [1.54, 1.807) is 11.3 Å². The van der Waals surface area contributed by atoms with Gasteiger partial charge < -0.3 is 4.57 Å². The summed E-state index contributed by atoms with van der Waals surface area (Å²) in [5.41, 5.74) is 5.25. The van der Waals surface area contributed by atoms with Crippen molar-refractivity contribution >= 4 is 43.3 Å². The van der Waals surface area contributed by atoms with Gasteiger partial charge in [-0.15, -0.1) is 10.2 Å². The summed E-state index contributed by atoms with van der Waals surface area (Å²) in [6, 6.07) is 26.8. The van der Waals surface area contributed by atoms with Gasteiger partial charge in [-0.3, -0.25) is 0 Å². The monoisotopic (exact) mass is 382 g/mol.